The number of carbonyl (C=O) groups excluding carboxylic acids is 1. The molecule has 0 aromatic heterocycles. The monoisotopic (exact) mass is 724 g/mol. The summed E-state index contributed by atoms with van der Waals surface area (Å²) in [6.07, 6.45) is 11.7. The Bertz CT molecular complexity index is 1090. The lowest BCUT2D eigenvalue weighted by atomic mass is 9.43. The molecule has 0 bridgehead atoms. The van der Waals surface area contributed by atoms with Crippen molar-refractivity contribution < 1.29 is 22.5 Å². The first-order valence-corrected chi connectivity index (χ1v) is 33.1. The number of fused-ring (bicyclic) bond motifs is 5. The minimum atomic E-state index is -1.88. The van der Waals surface area contributed by atoms with Crippen LogP contribution in [0.15, 0.2) is 0 Å². The third-order valence-electron chi connectivity index (χ3n) is 12.8. The fraction of sp³-hybridized carbons (Fsp3) is 0.974. The normalized spacial score (nSPS) is 39.4. The van der Waals surface area contributed by atoms with Crippen LogP contribution in [-0.2, 0) is 22.5 Å². The van der Waals surface area contributed by atoms with E-state index in [4.69, 9.17) is 17.7 Å². The van der Waals surface area contributed by atoms with E-state index in [1.165, 1.54) is 44.9 Å². The van der Waals surface area contributed by atoms with Crippen molar-refractivity contribution in [3.8, 4) is 0 Å². The molecule has 47 heavy (non-hydrogen) atoms. The van der Waals surface area contributed by atoms with Gasteiger partial charge in [0.1, 0.15) is 0 Å². The molecule has 0 heterocycles. The van der Waals surface area contributed by atoms with Crippen molar-refractivity contribution in [2.45, 2.75) is 182 Å². The molecule has 5 nitrogen and oxygen atoms in total. The average molecular weight is 725 g/mol. The molecular formula is C38H76O5Si4. The third-order valence-corrected chi connectivity index (χ3v) is 16.7. The van der Waals surface area contributed by atoms with Gasteiger partial charge in [0, 0.05) is 12.2 Å². The molecule has 4 rings (SSSR count). The lowest BCUT2D eigenvalue weighted by Crippen LogP contribution is -2.64. The number of carbonyl (C=O) groups is 1. The molecule has 4 aliphatic rings. The molecule has 0 aromatic rings. The highest BCUT2D eigenvalue weighted by Gasteiger charge is 2.67. The van der Waals surface area contributed by atoms with Gasteiger partial charge in [-0.2, -0.15) is 0 Å². The van der Waals surface area contributed by atoms with Gasteiger partial charge in [-0.25, -0.2) is 0 Å². The summed E-state index contributed by atoms with van der Waals surface area (Å²) in [5.41, 5.74) is 0.451. The van der Waals surface area contributed by atoms with Crippen molar-refractivity contribution in [1.29, 1.82) is 0 Å². The molecule has 12 atom stereocenters. The first-order valence-electron chi connectivity index (χ1n) is 19.5. The molecule has 0 radical (unpaired) electrons. The Labute approximate surface area is 295 Å². The van der Waals surface area contributed by atoms with Gasteiger partial charge in [0.25, 0.3) is 5.97 Å². The van der Waals surface area contributed by atoms with Gasteiger partial charge in [0.2, 0.25) is 8.32 Å². The van der Waals surface area contributed by atoms with Gasteiger partial charge in [0.15, 0.2) is 25.0 Å². The Morgan fingerprint density at radius 3 is 1.85 bits per heavy atom. The SMILES string of the molecule is CC(CCC(C)C1CCC2C3C(C[C@H](O[Si](C)(C)C)C12C)C1(C)CC[C@@H](O[Si](C)(C)C)C[C@H]1C[C@H]3O[Si](C)(C)C)C(=O)O[Si](C)(C)C. The van der Waals surface area contributed by atoms with Crippen LogP contribution in [0.25, 0.3) is 0 Å². The van der Waals surface area contributed by atoms with E-state index >= 15 is 0 Å². The van der Waals surface area contributed by atoms with Gasteiger partial charge >= 0.3 is 0 Å². The fourth-order valence-electron chi connectivity index (χ4n) is 11.1. The average Bonchev–Trinajstić information content (AvgIpc) is 3.23. The van der Waals surface area contributed by atoms with E-state index < -0.39 is 33.3 Å². The van der Waals surface area contributed by atoms with Gasteiger partial charge in [-0.05, 0) is 183 Å². The molecule has 4 fully saturated rings. The van der Waals surface area contributed by atoms with Crippen LogP contribution in [-0.4, -0.2) is 57.6 Å². The molecule has 0 amide bonds. The van der Waals surface area contributed by atoms with E-state index in [9.17, 15) is 4.79 Å². The van der Waals surface area contributed by atoms with Crippen LogP contribution >= 0.6 is 0 Å². The van der Waals surface area contributed by atoms with Gasteiger partial charge in [0.05, 0.1) is 12.0 Å². The van der Waals surface area contributed by atoms with E-state index in [0.717, 1.165) is 12.8 Å². The second-order valence-corrected chi connectivity index (χ2v) is 38.9. The van der Waals surface area contributed by atoms with E-state index in [1.54, 1.807) is 0 Å². The molecule has 0 spiro atoms. The summed E-state index contributed by atoms with van der Waals surface area (Å²) in [6, 6.07) is 0. The maximum Gasteiger partial charge on any atom is 0.295 e. The fourth-order valence-corrected chi connectivity index (χ4v) is 15.5. The molecule has 0 saturated heterocycles. The lowest BCUT2D eigenvalue weighted by Gasteiger charge is -2.66. The summed E-state index contributed by atoms with van der Waals surface area (Å²) in [6.45, 7) is 37.7. The molecule has 274 valence electrons. The molecule has 4 aliphatic carbocycles. The molecule has 8 unspecified atom stereocenters. The van der Waals surface area contributed by atoms with Crippen molar-refractivity contribution in [1.82, 2.24) is 0 Å². The maximum atomic E-state index is 12.9. The van der Waals surface area contributed by atoms with Crippen molar-refractivity contribution in [2.24, 2.45) is 52.3 Å². The van der Waals surface area contributed by atoms with E-state index in [0.29, 0.717) is 59.2 Å². The summed E-state index contributed by atoms with van der Waals surface area (Å²) in [4.78, 5) is 12.9. The lowest BCUT2D eigenvalue weighted by molar-refractivity contribution is -0.199. The standard InChI is InChI=1S/C38H76O5Si4/c1-26(17-18-27(2)36(39)43-47(14,15)16)30-19-20-31-35-32(25-34(38(30,31)4)42-46(11,12)13)37(3)22-21-29(40-44(5,6)7)23-28(37)24-33(35)41-45(8,9)10/h26-35H,17-25H2,1-16H3/t26?,27?,28-,29+,30?,31?,32?,33+,34-,35?,37?,38?/m0/s1. The van der Waals surface area contributed by atoms with Crippen LogP contribution in [0.1, 0.15) is 85.5 Å². The smallest absolute Gasteiger partial charge is 0.295 e. The summed E-state index contributed by atoms with van der Waals surface area (Å²) in [5.74, 6) is 3.65. The minimum Gasteiger partial charge on any atom is -0.520 e. The van der Waals surface area contributed by atoms with Crippen LogP contribution in [0.2, 0.25) is 78.6 Å². The first kappa shape index (κ1) is 40.0. The number of hydrogen-bond donors (Lipinski definition) is 0. The van der Waals surface area contributed by atoms with Crippen molar-refractivity contribution in [3.05, 3.63) is 0 Å². The van der Waals surface area contributed by atoms with Crippen LogP contribution in [0.4, 0.5) is 0 Å². The summed E-state index contributed by atoms with van der Waals surface area (Å²) in [5, 5.41) is 0. The maximum absolute atomic E-state index is 12.9. The van der Waals surface area contributed by atoms with Crippen molar-refractivity contribution in [2.75, 3.05) is 0 Å². The highest BCUT2D eigenvalue weighted by molar-refractivity contribution is 6.71. The highest BCUT2D eigenvalue weighted by atomic mass is 28.4. The summed E-state index contributed by atoms with van der Waals surface area (Å²) in [7, 11) is -7.04. The molecule has 9 heteroatoms. The van der Waals surface area contributed by atoms with Crippen molar-refractivity contribution >= 4 is 39.2 Å². The van der Waals surface area contributed by atoms with Crippen LogP contribution in [0.3, 0.4) is 0 Å². The minimum absolute atomic E-state index is 0.00799. The van der Waals surface area contributed by atoms with Gasteiger partial charge < -0.3 is 17.7 Å². The van der Waals surface area contributed by atoms with Gasteiger partial charge in [-0.1, -0.05) is 27.7 Å². The van der Waals surface area contributed by atoms with Gasteiger partial charge in [-0.3, -0.25) is 4.79 Å². The van der Waals surface area contributed by atoms with Crippen LogP contribution in [0, 0.1) is 52.3 Å². The Hall–Kier alpha value is 0.218. The van der Waals surface area contributed by atoms with Crippen molar-refractivity contribution in [3.63, 3.8) is 0 Å². The Kier molecular flexibility index (Phi) is 11.9. The topological polar surface area (TPSA) is 54.0 Å². The Morgan fingerprint density at radius 2 is 1.30 bits per heavy atom. The number of rotatable bonds is 12. The highest BCUT2D eigenvalue weighted by Crippen LogP contribution is 2.69. The second kappa shape index (κ2) is 14.0. The largest absolute Gasteiger partial charge is 0.520 e. The van der Waals surface area contributed by atoms with Gasteiger partial charge in [-0.15, -0.1) is 0 Å². The first-order chi connectivity index (χ1) is 21.2. The quantitative estimate of drug-likeness (QED) is 0.188. The summed E-state index contributed by atoms with van der Waals surface area (Å²) < 4.78 is 27.4. The molecule has 0 N–H and O–H groups in total. The Morgan fingerprint density at radius 1 is 0.702 bits per heavy atom. The third kappa shape index (κ3) is 9.37. The van der Waals surface area contributed by atoms with Crippen LogP contribution in [0.5, 0.6) is 0 Å². The Balaban J connectivity index is 1.66. The second-order valence-electron chi connectivity index (χ2n) is 21.1. The molecule has 0 aliphatic heterocycles. The predicted molar refractivity (Wildman–Crippen MR) is 208 cm³/mol. The number of hydrogen-bond acceptors (Lipinski definition) is 5. The van der Waals surface area contributed by atoms with E-state index in [-0.39, 0.29) is 17.3 Å². The zero-order valence-corrected chi connectivity index (χ0v) is 37.7. The summed E-state index contributed by atoms with van der Waals surface area (Å²) >= 11 is 0. The molecular weight excluding hydrogens is 649 g/mol. The predicted octanol–water partition coefficient (Wildman–Crippen LogP) is 11.0. The van der Waals surface area contributed by atoms with Crippen LogP contribution < -0.4 is 0 Å². The molecule has 0 aromatic carbocycles. The van der Waals surface area contributed by atoms with E-state index in [1.807, 2.05) is 0 Å². The zero-order chi connectivity index (χ0) is 35.5. The molecule has 4 saturated carbocycles. The zero-order valence-electron chi connectivity index (χ0n) is 33.7. The van der Waals surface area contributed by atoms with E-state index in [2.05, 4.69) is 106 Å².